The summed E-state index contributed by atoms with van der Waals surface area (Å²) >= 11 is 0. The highest BCUT2D eigenvalue weighted by Gasteiger charge is 2.30. The third kappa shape index (κ3) is 12.0. The molecule has 0 aromatic carbocycles. The number of nitrogens with zero attached hydrogens (tertiary/aromatic N) is 4. The average Bonchev–Trinajstić information content (AvgIpc) is 3.03. The van der Waals surface area contributed by atoms with Crippen LogP contribution in [0.4, 0.5) is 0 Å². The van der Waals surface area contributed by atoms with Crippen LogP contribution in [-0.2, 0) is 4.74 Å². The maximum absolute atomic E-state index is 9.03. The lowest BCUT2D eigenvalue weighted by Gasteiger charge is -2.40. The van der Waals surface area contributed by atoms with Crippen molar-refractivity contribution in [3.8, 4) is 12.1 Å². The molecule has 0 aromatic heterocycles. The van der Waals surface area contributed by atoms with Crippen molar-refractivity contribution in [1.82, 2.24) is 9.80 Å². The van der Waals surface area contributed by atoms with Gasteiger partial charge in [0.15, 0.2) is 0 Å². The quantitative estimate of drug-likeness (QED) is 0.226. The van der Waals surface area contributed by atoms with Crippen LogP contribution in [-0.4, -0.2) is 61.3 Å². The van der Waals surface area contributed by atoms with Gasteiger partial charge in [-0.05, 0) is 96.1 Å². The molecule has 0 radical (unpaired) electrons. The third-order valence-corrected chi connectivity index (χ3v) is 10.7. The fraction of sp³-hybridized carbons (Fsp3) is 0.943. The summed E-state index contributed by atoms with van der Waals surface area (Å²) in [5, 5.41) is 17.9. The van der Waals surface area contributed by atoms with Crippen LogP contribution in [0, 0.1) is 40.4 Å². The Bertz CT molecular complexity index is 713. The number of unbranched alkanes of at least 4 members (excludes halogenated alkanes) is 7. The average molecular weight is 555 g/mol. The van der Waals surface area contributed by atoms with E-state index in [2.05, 4.69) is 28.9 Å². The van der Waals surface area contributed by atoms with E-state index in [9.17, 15) is 0 Å². The minimum atomic E-state index is 0.327. The van der Waals surface area contributed by atoms with E-state index in [1.807, 2.05) is 7.11 Å². The zero-order chi connectivity index (χ0) is 28.4. The zero-order valence-corrected chi connectivity index (χ0v) is 26.3. The highest BCUT2D eigenvalue weighted by atomic mass is 16.5. The fourth-order valence-corrected chi connectivity index (χ4v) is 7.79. The SMILES string of the molecule is CCCCCCCCCCC1CCN(C2CCC(C#N)CC2)CC1.COC1CCN(C2CCC(C#N)CC2)CC1. The lowest BCUT2D eigenvalue weighted by molar-refractivity contribution is 0.0194. The third-order valence-electron chi connectivity index (χ3n) is 10.7. The first-order chi connectivity index (χ1) is 19.7. The van der Waals surface area contributed by atoms with Gasteiger partial charge < -0.3 is 14.5 Å². The summed E-state index contributed by atoms with van der Waals surface area (Å²) in [6.07, 6.45) is 28.2. The number of likely N-dealkylation sites (tertiary alicyclic amines) is 2. The molecule has 2 heterocycles. The summed E-state index contributed by atoms with van der Waals surface area (Å²) < 4.78 is 5.39. The summed E-state index contributed by atoms with van der Waals surface area (Å²) in [7, 11) is 1.82. The molecule has 0 unspecified atom stereocenters. The molecular formula is C35H62N4O. The Kier molecular flexibility index (Phi) is 16.6. The molecule has 228 valence electrons. The van der Waals surface area contributed by atoms with Crippen LogP contribution in [0.3, 0.4) is 0 Å². The van der Waals surface area contributed by atoms with Gasteiger partial charge in [0.25, 0.3) is 0 Å². The first-order valence-corrected chi connectivity index (χ1v) is 17.5. The van der Waals surface area contributed by atoms with Crippen LogP contribution in [0.15, 0.2) is 0 Å². The molecule has 2 saturated heterocycles. The number of methoxy groups -OCH3 is 1. The Morgan fingerprint density at radius 2 is 1.00 bits per heavy atom. The molecular weight excluding hydrogens is 492 g/mol. The molecule has 0 atom stereocenters. The van der Waals surface area contributed by atoms with Crippen molar-refractivity contribution in [3.63, 3.8) is 0 Å². The van der Waals surface area contributed by atoms with E-state index in [0.717, 1.165) is 43.7 Å². The molecule has 4 fully saturated rings. The van der Waals surface area contributed by atoms with Gasteiger partial charge in [-0.3, -0.25) is 0 Å². The number of hydrogen-bond acceptors (Lipinski definition) is 5. The fourth-order valence-electron chi connectivity index (χ4n) is 7.79. The first-order valence-electron chi connectivity index (χ1n) is 17.5. The van der Waals surface area contributed by atoms with Gasteiger partial charge in [0.05, 0.1) is 18.2 Å². The van der Waals surface area contributed by atoms with Gasteiger partial charge in [-0.25, -0.2) is 0 Å². The van der Waals surface area contributed by atoms with Gasteiger partial charge in [0.2, 0.25) is 0 Å². The number of piperidine rings is 2. The summed E-state index contributed by atoms with van der Waals surface area (Å²) in [4.78, 5) is 5.36. The summed E-state index contributed by atoms with van der Waals surface area (Å²) in [5.74, 6) is 1.67. The van der Waals surface area contributed by atoms with E-state index in [4.69, 9.17) is 15.3 Å². The molecule has 5 heteroatoms. The van der Waals surface area contributed by atoms with Crippen molar-refractivity contribution < 1.29 is 4.74 Å². The Morgan fingerprint density at radius 1 is 0.575 bits per heavy atom. The summed E-state index contributed by atoms with van der Waals surface area (Å²) in [6.45, 7) is 7.30. The van der Waals surface area contributed by atoms with Crippen LogP contribution in [0.5, 0.6) is 0 Å². The van der Waals surface area contributed by atoms with Gasteiger partial charge in [0, 0.05) is 44.1 Å². The van der Waals surface area contributed by atoms with Gasteiger partial charge in [-0.2, -0.15) is 10.5 Å². The maximum atomic E-state index is 9.03. The number of rotatable bonds is 12. The van der Waals surface area contributed by atoms with E-state index >= 15 is 0 Å². The summed E-state index contributed by atoms with van der Waals surface area (Å²) in [6, 6.07) is 6.40. The van der Waals surface area contributed by atoms with Crippen molar-refractivity contribution in [2.45, 2.75) is 160 Å². The Hall–Kier alpha value is -1.14. The Balaban J connectivity index is 0.000000238. The molecule has 0 amide bonds. The highest BCUT2D eigenvalue weighted by Crippen LogP contribution is 2.32. The van der Waals surface area contributed by atoms with Crippen molar-refractivity contribution in [2.75, 3.05) is 33.3 Å². The number of nitriles is 2. The first kappa shape index (κ1) is 33.4. The van der Waals surface area contributed by atoms with Crippen molar-refractivity contribution in [2.24, 2.45) is 17.8 Å². The molecule has 0 spiro atoms. The van der Waals surface area contributed by atoms with Crippen LogP contribution >= 0.6 is 0 Å². The zero-order valence-electron chi connectivity index (χ0n) is 26.3. The molecule has 5 nitrogen and oxygen atoms in total. The molecule has 40 heavy (non-hydrogen) atoms. The maximum Gasteiger partial charge on any atom is 0.0655 e. The smallest absolute Gasteiger partial charge is 0.0655 e. The molecule has 0 bridgehead atoms. The van der Waals surface area contributed by atoms with E-state index in [0.29, 0.717) is 17.9 Å². The van der Waals surface area contributed by atoms with Gasteiger partial charge in [-0.1, -0.05) is 64.7 Å². The molecule has 0 N–H and O–H groups in total. The van der Waals surface area contributed by atoms with Crippen LogP contribution in [0.25, 0.3) is 0 Å². The van der Waals surface area contributed by atoms with E-state index in [-0.39, 0.29) is 0 Å². The molecule has 0 aromatic rings. The Morgan fingerprint density at radius 3 is 1.43 bits per heavy atom. The van der Waals surface area contributed by atoms with Crippen molar-refractivity contribution >= 4 is 0 Å². The second-order valence-electron chi connectivity index (χ2n) is 13.5. The van der Waals surface area contributed by atoms with E-state index < -0.39 is 0 Å². The van der Waals surface area contributed by atoms with Gasteiger partial charge in [-0.15, -0.1) is 0 Å². The van der Waals surface area contributed by atoms with Crippen molar-refractivity contribution in [3.05, 3.63) is 0 Å². The second-order valence-corrected chi connectivity index (χ2v) is 13.5. The molecule has 4 rings (SSSR count). The number of hydrogen-bond donors (Lipinski definition) is 0. The standard InChI is InChI=1S/C22H40N2.C13H22N2O/c1-2-3-4-5-6-7-8-9-10-20-15-17-24(18-16-20)22-13-11-21(19-23)12-14-22;1-16-13-6-8-15(9-7-13)12-4-2-11(10-14)3-5-12/h20-22H,2-18H2,1H3;11-13H,2-9H2,1H3. The number of ether oxygens (including phenoxy) is 1. The minimum Gasteiger partial charge on any atom is -0.381 e. The van der Waals surface area contributed by atoms with Gasteiger partial charge in [0.1, 0.15) is 0 Å². The minimum absolute atomic E-state index is 0.327. The monoisotopic (exact) mass is 554 g/mol. The van der Waals surface area contributed by atoms with E-state index in [1.54, 1.807) is 0 Å². The molecule has 2 saturated carbocycles. The predicted molar refractivity (Wildman–Crippen MR) is 166 cm³/mol. The summed E-state index contributed by atoms with van der Waals surface area (Å²) in [5.41, 5.74) is 0. The van der Waals surface area contributed by atoms with Crippen LogP contribution < -0.4 is 0 Å². The highest BCUT2D eigenvalue weighted by molar-refractivity contribution is 4.92. The second kappa shape index (κ2) is 19.9. The molecule has 2 aliphatic heterocycles. The largest absolute Gasteiger partial charge is 0.381 e. The normalized spacial score (nSPS) is 29.2. The molecule has 4 aliphatic rings. The van der Waals surface area contributed by atoms with Crippen molar-refractivity contribution in [1.29, 1.82) is 10.5 Å². The predicted octanol–water partition coefficient (Wildman–Crippen LogP) is 8.49. The Labute approximate surface area is 248 Å². The lowest BCUT2D eigenvalue weighted by atomic mass is 9.84. The topological polar surface area (TPSA) is 63.3 Å². The lowest BCUT2D eigenvalue weighted by Crippen LogP contribution is -2.44. The van der Waals surface area contributed by atoms with Crippen LogP contribution in [0.1, 0.15) is 142 Å². The molecule has 2 aliphatic carbocycles. The van der Waals surface area contributed by atoms with Gasteiger partial charge >= 0.3 is 0 Å². The van der Waals surface area contributed by atoms with Crippen LogP contribution in [0.2, 0.25) is 0 Å². The van der Waals surface area contributed by atoms with E-state index in [1.165, 1.54) is 135 Å².